The molecule has 25 heavy (non-hydrogen) atoms. The van der Waals surface area contributed by atoms with Gasteiger partial charge >= 0.3 is 0 Å². The second-order valence-corrected chi connectivity index (χ2v) is 6.87. The van der Waals surface area contributed by atoms with E-state index in [1.54, 1.807) is 6.08 Å². The van der Waals surface area contributed by atoms with Gasteiger partial charge in [0.15, 0.2) is 0 Å². The van der Waals surface area contributed by atoms with Crippen LogP contribution in [0.25, 0.3) is 0 Å². The first kappa shape index (κ1) is 21.2. The van der Waals surface area contributed by atoms with Crippen LogP contribution in [0.4, 0.5) is 0 Å². The van der Waals surface area contributed by atoms with Gasteiger partial charge in [-0.1, -0.05) is 55.3 Å². The van der Waals surface area contributed by atoms with Gasteiger partial charge in [-0.05, 0) is 38.5 Å². The van der Waals surface area contributed by atoms with Crippen LogP contribution in [0, 0.1) is 11.3 Å². The molecule has 0 heterocycles. The molecule has 0 amide bonds. The molecule has 0 spiro atoms. The van der Waals surface area contributed by atoms with E-state index in [1.807, 2.05) is 13.8 Å². The molecule has 1 fully saturated rings. The molecule has 1 aliphatic rings. The Bertz CT molecular complexity index is 482. The van der Waals surface area contributed by atoms with Crippen LogP contribution in [0.5, 0.6) is 0 Å². The SMILES string of the molecule is C=CCON=C(CCC)C1C(=NOCC)CC(C)(C)CC1=NOCC. The maximum atomic E-state index is 5.39. The number of nitrogens with zero attached hydrogens (tertiary/aromatic N) is 3. The third kappa shape index (κ3) is 6.88. The van der Waals surface area contributed by atoms with Gasteiger partial charge in [0, 0.05) is 0 Å². The highest BCUT2D eigenvalue weighted by atomic mass is 16.6. The second kappa shape index (κ2) is 10.9. The predicted octanol–water partition coefficient (Wildman–Crippen LogP) is 4.57. The highest BCUT2D eigenvalue weighted by Crippen LogP contribution is 2.36. The zero-order chi connectivity index (χ0) is 18.7. The standard InChI is InChI=1S/C19H33N3O3/c1-7-11-15(20-25-12-8-2)18-16(21-23-9-3)13-19(5,6)14-17(18)22-24-10-4/h8,18H,2,7,9-14H2,1,3-6H3. The summed E-state index contributed by atoms with van der Waals surface area (Å²) in [7, 11) is 0. The van der Waals surface area contributed by atoms with Crippen molar-refractivity contribution in [2.75, 3.05) is 19.8 Å². The van der Waals surface area contributed by atoms with Gasteiger partial charge in [0.2, 0.25) is 0 Å². The second-order valence-electron chi connectivity index (χ2n) is 6.87. The Labute approximate surface area is 152 Å². The normalized spacial score (nSPS) is 23.6. The zero-order valence-electron chi connectivity index (χ0n) is 16.4. The highest BCUT2D eigenvalue weighted by Gasteiger charge is 2.40. The van der Waals surface area contributed by atoms with Gasteiger partial charge in [-0.15, -0.1) is 0 Å². The Hall–Kier alpha value is -1.85. The molecule has 142 valence electrons. The van der Waals surface area contributed by atoms with Crippen LogP contribution in [-0.4, -0.2) is 37.0 Å². The quantitative estimate of drug-likeness (QED) is 0.251. The molecule has 0 saturated heterocycles. The first-order chi connectivity index (χ1) is 12.0. The fourth-order valence-corrected chi connectivity index (χ4v) is 2.96. The molecular formula is C19H33N3O3. The molecule has 1 rings (SSSR count). The average molecular weight is 351 g/mol. The Morgan fingerprint density at radius 2 is 1.64 bits per heavy atom. The van der Waals surface area contributed by atoms with Crippen molar-refractivity contribution in [3.8, 4) is 0 Å². The van der Waals surface area contributed by atoms with Gasteiger partial charge < -0.3 is 14.5 Å². The third-order valence-corrected chi connectivity index (χ3v) is 3.82. The summed E-state index contributed by atoms with van der Waals surface area (Å²) in [6.07, 6.45) is 5.10. The molecule has 0 aromatic rings. The van der Waals surface area contributed by atoms with E-state index in [0.717, 1.165) is 42.8 Å². The number of hydrogen-bond donors (Lipinski definition) is 0. The molecule has 0 radical (unpaired) electrons. The summed E-state index contributed by atoms with van der Waals surface area (Å²) in [6.45, 7) is 15.5. The van der Waals surface area contributed by atoms with E-state index < -0.39 is 0 Å². The molecule has 0 aromatic carbocycles. The van der Waals surface area contributed by atoms with Crippen LogP contribution < -0.4 is 0 Å². The summed E-state index contributed by atoms with van der Waals surface area (Å²) in [5.41, 5.74) is 2.83. The lowest BCUT2D eigenvalue weighted by atomic mass is 9.69. The van der Waals surface area contributed by atoms with Crippen LogP contribution in [0.1, 0.15) is 60.3 Å². The summed E-state index contributed by atoms with van der Waals surface area (Å²) in [4.78, 5) is 16.2. The van der Waals surface area contributed by atoms with E-state index in [9.17, 15) is 0 Å². The Morgan fingerprint density at radius 3 is 2.08 bits per heavy atom. The van der Waals surface area contributed by atoms with E-state index in [2.05, 4.69) is 42.8 Å². The Morgan fingerprint density at radius 1 is 1.08 bits per heavy atom. The Balaban J connectivity index is 3.29. The van der Waals surface area contributed by atoms with Crippen molar-refractivity contribution < 1.29 is 14.5 Å². The van der Waals surface area contributed by atoms with Crippen molar-refractivity contribution in [2.24, 2.45) is 26.8 Å². The molecule has 1 aliphatic carbocycles. The van der Waals surface area contributed by atoms with Crippen molar-refractivity contribution in [3.05, 3.63) is 12.7 Å². The first-order valence-electron chi connectivity index (χ1n) is 9.16. The molecule has 1 saturated carbocycles. The maximum absolute atomic E-state index is 5.39. The summed E-state index contributed by atoms with van der Waals surface area (Å²) >= 11 is 0. The summed E-state index contributed by atoms with van der Waals surface area (Å²) in [5.74, 6) is -0.129. The minimum Gasteiger partial charge on any atom is -0.396 e. The van der Waals surface area contributed by atoms with Crippen LogP contribution in [-0.2, 0) is 14.5 Å². The molecule has 6 nitrogen and oxygen atoms in total. The summed E-state index contributed by atoms with van der Waals surface area (Å²) in [5, 5.41) is 13.1. The third-order valence-electron chi connectivity index (χ3n) is 3.82. The minimum absolute atomic E-state index is 0.0433. The number of oxime groups is 3. The molecule has 0 aliphatic heterocycles. The molecule has 0 unspecified atom stereocenters. The maximum Gasteiger partial charge on any atom is 0.135 e. The van der Waals surface area contributed by atoms with Gasteiger partial charge in [-0.25, -0.2) is 0 Å². The van der Waals surface area contributed by atoms with Crippen molar-refractivity contribution in [1.29, 1.82) is 0 Å². The fourth-order valence-electron chi connectivity index (χ4n) is 2.96. The summed E-state index contributed by atoms with van der Waals surface area (Å²) < 4.78 is 0. The minimum atomic E-state index is -0.129. The van der Waals surface area contributed by atoms with E-state index >= 15 is 0 Å². The molecular weight excluding hydrogens is 318 g/mol. The largest absolute Gasteiger partial charge is 0.396 e. The fraction of sp³-hybridized carbons (Fsp3) is 0.737. The van der Waals surface area contributed by atoms with Gasteiger partial charge in [-0.3, -0.25) is 0 Å². The van der Waals surface area contributed by atoms with Gasteiger partial charge in [0.1, 0.15) is 19.8 Å². The monoisotopic (exact) mass is 351 g/mol. The lowest BCUT2D eigenvalue weighted by molar-refractivity contribution is 0.150. The van der Waals surface area contributed by atoms with Gasteiger partial charge in [0.25, 0.3) is 0 Å². The van der Waals surface area contributed by atoms with Gasteiger partial charge in [-0.2, -0.15) is 0 Å². The smallest absolute Gasteiger partial charge is 0.135 e. The van der Waals surface area contributed by atoms with E-state index in [0.29, 0.717) is 19.8 Å². The molecule has 0 bridgehead atoms. The Kier molecular flexibility index (Phi) is 9.24. The van der Waals surface area contributed by atoms with Crippen molar-refractivity contribution >= 4 is 17.1 Å². The van der Waals surface area contributed by atoms with E-state index in [1.165, 1.54) is 0 Å². The lowest BCUT2D eigenvalue weighted by Crippen LogP contribution is -2.42. The highest BCUT2D eigenvalue weighted by molar-refractivity contribution is 6.25. The van der Waals surface area contributed by atoms with E-state index in [4.69, 9.17) is 14.5 Å². The van der Waals surface area contributed by atoms with Crippen molar-refractivity contribution in [2.45, 2.75) is 60.3 Å². The predicted molar refractivity (Wildman–Crippen MR) is 103 cm³/mol. The first-order valence-corrected chi connectivity index (χ1v) is 9.16. The van der Waals surface area contributed by atoms with Crippen LogP contribution >= 0.6 is 0 Å². The zero-order valence-corrected chi connectivity index (χ0v) is 16.4. The number of hydrogen-bond acceptors (Lipinski definition) is 6. The van der Waals surface area contributed by atoms with Crippen molar-refractivity contribution in [1.82, 2.24) is 0 Å². The number of rotatable bonds is 10. The molecule has 0 atom stereocenters. The van der Waals surface area contributed by atoms with E-state index in [-0.39, 0.29) is 11.3 Å². The summed E-state index contributed by atoms with van der Waals surface area (Å²) in [6, 6.07) is 0. The van der Waals surface area contributed by atoms with Crippen LogP contribution in [0.15, 0.2) is 28.1 Å². The molecule has 0 aromatic heterocycles. The van der Waals surface area contributed by atoms with Crippen LogP contribution in [0.2, 0.25) is 0 Å². The molecule has 0 N–H and O–H groups in total. The van der Waals surface area contributed by atoms with Gasteiger partial charge in [0.05, 0.1) is 23.1 Å². The van der Waals surface area contributed by atoms with Crippen LogP contribution in [0.3, 0.4) is 0 Å². The lowest BCUT2D eigenvalue weighted by Gasteiger charge is -2.36. The average Bonchev–Trinajstić information content (AvgIpc) is 2.56. The topological polar surface area (TPSA) is 64.8 Å². The van der Waals surface area contributed by atoms with Crippen molar-refractivity contribution in [3.63, 3.8) is 0 Å². The molecule has 6 heteroatoms.